The fourth-order valence-corrected chi connectivity index (χ4v) is 12.7. The molecule has 4 N–H and O–H groups in total. The summed E-state index contributed by atoms with van der Waals surface area (Å²) in [7, 11) is -9.82. The highest BCUT2D eigenvalue weighted by atomic mass is 31.2. The van der Waals surface area contributed by atoms with E-state index in [0.29, 0.717) is 19.3 Å². The second-order valence-corrected chi connectivity index (χ2v) is 31.1. The Morgan fingerprint density at radius 2 is 0.477 bits per heavy atom. The van der Waals surface area contributed by atoms with Gasteiger partial charge in [-0.3, -0.25) is 32.5 Å². The first-order valence-electron chi connectivity index (χ1n) is 43.1. The molecule has 5 atom stereocenters. The van der Waals surface area contributed by atoms with E-state index in [0.717, 1.165) is 186 Å². The van der Waals surface area contributed by atoms with E-state index in [1.165, 1.54) is 83.5 Å². The Labute approximate surface area is 675 Å². The Morgan fingerprint density at radius 1 is 0.261 bits per heavy atom. The van der Waals surface area contributed by atoms with Crippen molar-refractivity contribution >= 4 is 33.6 Å². The molecule has 0 saturated carbocycles. The molecule has 0 spiro atoms. The highest BCUT2D eigenvalue weighted by molar-refractivity contribution is 7.47. The van der Waals surface area contributed by atoms with Crippen LogP contribution in [0.5, 0.6) is 0 Å². The van der Waals surface area contributed by atoms with Crippen LogP contribution in [0.2, 0.25) is 0 Å². The molecular formula is C93H154O16P2. The lowest BCUT2D eigenvalue weighted by Gasteiger charge is -2.21. The average molecular weight is 1590 g/mol. The molecule has 0 aliphatic heterocycles. The molecule has 0 aromatic carbocycles. The zero-order chi connectivity index (χ0) is 80.8. The number of aliphatic hydroxyl groups excluding tert-OH is 2. The first-order chi connectivity index (χ1) is 54.2. The van der Waals surface area contributed by atoms with Crippen LogP contribution in [0.1, 0.15) is 329 Å². The third kappa shape index (κ3) is 85.4. The number of carbonyl (C=O) groups is 3. The number of allylic oxidation sites excluding steroid dienone is 30. The molecule has 0 rings (SSSR count). The van der Waals surface area contributed by atoms with Gasteiger partial charge in [0.2, 0.25) is 0 Å². The number of esters is 3. The molecule has 0 radical (unpaired) electrons. The van der Waals surface area contributed by atoms with Crippen molar-refractivity contribution in [1.82, 2.24) is 0 Å². The number of ether oxygens (including phenoxy) is 3. The summed E-state index contributed by atoms with van der Waals surface area (Å²) in [5, 5.41) is 20.7. The maximum absolute atomic E-state index is 13.0. The first-order valence-corrected chi connectivity index (χ1v) is 46.1. The van der Waals surface area contributed by atoms with Crippen molar-refractivity contribution in [2.45, 2.75) is 347 Å². The number of phosphoric ester groups is 2. The van der Waals surface area contributed by atoms with Crippen LogP contribution in [0.4, 0.5) is 0 Å². The molecule has 0 amide bonds. The Morgan fingerprint density at radius 3 is 0.757 bits per heavy atom. The van der Waals surface area contributed by atoms with Gasteiger partial charge in [0.05, 0.1) is 26.4 Å². The molecule has 0 aromatic heterocycles. The normalized spacial score (nSPS) is 14.8. The van der Waals surface area contributed by atoms with Crippen LogP contribution < -0.4 is 0 Å². The maximum atomic E-state index is 13.0. The SMILES string of the molecule is CC/C=C\C/C=C\C/C=C\C/C=C\C/C=C\C/C=C\CCCCCCCCCCCCCCCCC(=O)OCC(O)COP(=O)(O)OCC(O)COP(=O)(O)OCC(COC(=O)CCCCCC/C=C\C/C=C\C/C=C\C/C=C\C/C=C\C/C=C\CC)OC(=O)CCCCCCCC/C=C\C/C=C\C/C=C\CCCCC. The predicted octanol–water partition coefficient (Wildman–Crippen LogP) is 26.1. The third-order valence-electron chi connectivity index (χ3n) is 17.6. The van der Waals surface area contributed by atoms with E-state index in [9.17, 15) is 43.5 Å². The van der Waals surface area contributed by atoms with Gasteiger partial charge in [-0.25, -0.2) is 9.13 Å². The van der Waals surface area contributed by atoms with Crippen LogP contribution in [0.25, 0.3) is 0 Å². The van der Waals surface area contributed by atoms with Crippen molar-refractivity contribution in [3.05, 3.63) is 182 Å². The lowest BCUT2D eigenvalue weighted by molar-refractivity contribution is -0.161. The van der Waals surface area contributed by atoms with Crippen molar-refractivity contribution in [2.75, 3.05) is 39.6 Å². The topological polar surface area (TPSA) is 231 Å². The van der Waals surface area contributed by atoms with Gasteiger partial charge in [-0.05, 0) is 161 Å². The minimum Gasteiger partial charge on any atom is -0.463 e. The highest BCUT2D eigenvalue weighted by Gasteiger charge is 2.29. The standard InChI is InChI=1S/C93H154O16P2/c1-4-7-10-13-16-19-22-25-28-31-34-36-38-39-40-41-42-43-44-45-46-47-49-51-53-55-58-61-64-67-70-73-76-79-91(96)103-82-88(94)83-105-110(99,100)106-84-89(95)85-107-111(101,102)108-87-90(109-93(98)81-78-75-72-69-66-63-60-57-52-33-30-27-24-21-18-15-12-9-6-3)86-104-92(97)80-77-74-71-68-65-62-59-56-54-50-48-37-35-32-29-26-23-20-17-14-11-8-5-2/h7-8,10-11,16-21,25-30,34-37,39-40,42-43,50,52,54,57,59,62,88-90,94-95H,4-6,9,12-15,22-24,31-33,38,41,44-49,51,53,55-56,58,60-61,63-87H2,1-3H3,(H,99,100)(H,101,102)/b10-7-,11-8-,19-16-,20-17-,21-18-,28-25-,29-26-,30-27-,36-34-,37-35-,40-39-,43-42-,54-50-,57-52-,62-59-. The van der Waals surface area contributed by atoms with Gasteiger partial charge in [0.15, 0.2) is 6.10 Å². The van der Waals surface area contributed by atoms with Gasteiger partial charge in [-0.2, -0.15) is 0 Å². The van der Waals surface area contributed by atoms with Gasteiger partial charge in [-0.15, -0.1) is 0 Å². The smallest absolute Gasteiger partial charge is 0.463 e. The zero-order valence-corrected chi connectivity index (χ0v) is 71.1. The fourth-order valence-electron chi connectivity index (χ4n) is 11.1. The largest absolute Gasteiger partial charge is 0.472 e. The molecule has 16 nitrogen and oxygen atoms in total. The van der Waals surface area contributed by atoms with E-state index in [1.807, 2.05) is 0 Å². The number of aliphatic hydroxyl groups is 2. The Balaban J connectivity index is 4.58. The summed E-state index contributed by atoms with van der Waals surface area (Å²) in [4.78, 5) is 58.8. The van der Waals surface area contributed by atoms with E-state index in [1.54, 1.807) is 0 Å². The molecular weight excluding hydrogens is 1430 g/mol. The molecule has 111 heavy (non-hydrogen) atoms. The van der Waals surface area contributed by atoms with Gasteiger partial charge in [0.25, 0.3) is 0 Å². The third-order valence-corrected chi connectivity index (χ3v) is 19.5. The summed E-state index contributed by atoms with van der Waals surface area (Å²) in [5.74, 6) is -1.62. The highest BCUT2D eigenvalue weighted by Crippen LogP contribution is 2.45. The number of hydrogen-bond acceptors (Lipinski definition) is 14. The molecule has 0 aliphatic carbocycles. The quantitative estimate of drug-likeness (QED) is 0.0146. The second kappa shape index (κ2) is 84.1. The zero-order valence-electron chi connectivity index (χ0n) is 69.3. The summed E-state index contributed by atoms with van der Waals surface area (Å²) < 4.78 is 61.3. The summed E-state index contributed by atoms with van der Waals surface area (Å²) >= 11 is 0. The van der Waals surface area contributed by atoms with Crippen molar-refractivity contribution in [2.24, 2.45) is 0 Å². The van der Waals surface area contributed by atoms with E-state index in [-0.39, 0.29) is 19.3 Å². The van der Waals surface area contributed by atoms with Crippen molar-refractivity contribution in [1.29, 1.82) is 0 Å². The van der Waals surface area contributed by atoms with Gasteiger partial charge in [0, 0.05) is 19.3 Å². The van der Waals surface area contributed by atoms with Crippen molar-refractivity contribution in [3.8, 4) is 0 Å². The summed E-state index contributed by atoms with van der Waals surface area (Å²) in [6, 6.07) is 0. The summed E-state index contributed by atoms with van der Waals surface area (Å²) in [5.41, 5.74) is 0. The Hall–Kier alpha value is -5.35. The van der Waals surface area contributed by atoms with Gasteiger partial charge in [-0.1, -0.05) is 331 Å². The monoisotopic (exact) mass is 1590 g/mol. The fraction of sp³-hybridized carbons (Fsp3) is 0.645. The van der Waals surface area contributed by atoms with Crippen molar-refractivity contribution in [3.63, 3.8) is 0 Å². The number of phosphoric acid groups is 2. The Kier molecular flexibility index (Phi) is 80.0. The lowest BCUT2D eigenvalue weighted by Crippen LogP contribution is -2.30. The average Bonchev–Trinajstić information content (AvgIpc) is 0.900. The first kappa shape index (κ1) is 106. The van der Waals surface area contributed by atoms with E-state index in [4.69, 9.17) is 32.3 Å². The van der Waals surface area contributed by atoms with E-state index in [2.05, 4.69) is 203 Å². The van der Waals surface area contributed by atoms with Crippen molar-refractivity contribution < 1.29 is 75.8 Å². The van der Waals surface area contributed by atoms with Gasteiger partial charge < -0.3 is 34.2 Å². The molecule has 0 saturated heterocycles. The van der Waals surface area contributed by atoms with Crippen LogP contribution in [0.3, 0.4) is 0 Å². The Bertz CT molecular complexity index is 2750. The number of carbonyl (C=O) groups excluding carboxylic acids is 3. The molecule has 0 bridgehead atoms. The summed E-state index contributed by atoms with van der Waals surface area (Å²) in [6.07, 6.45) is 109. The lowest BCUT2D eigenvalue weighted by atomic mass is 10.0. The van der Waals surface area contributed by atoms with Gasteiger partial charge >= 0.3 is 33.6 Å². The molecule has 0 heterocycles. The second-order valence-electron chi connectivity index (χ2n) is 28.2. The minimum absolute atomic E-state index is 0.0782. The van der Waals surface area contributed by atoms with Gasteiger partial charge in [0.1, 0.15) is 25.4 Å². The minimum atomic E-state index is -4.95. The maximum Gasteiger partial charge on any atom is 0.472 e. The number of rotatable bonds is 80. The number of unbranched alkanes of at least 4 members (excludes halogenated alkanes) is 27. The van der Waals surface area contributed by atoms with Crippen LogP contribution in [-0.4, -0.2) is 95.9 Å². The van der Waals surface area contributed by atoms with Crippen LogP contribution in [0.15, 0.2) is 182 Å². The van der Waals surface area contributed by atoms with Crippen LogP contribution in [-0.2, 0) is 55.8 Å². The van der Waals surface area contributed by atoms with E-state index >= 15 is 0 Å². The van der Waals surface area contributed by atoms with Crippen LogP contribution in [0, 0.1) is 0 Å². The molecule has 5 unspecified atom stereocenters. The number of hydrogen-bond donors (Lipinski definition) is 4. The summed E-state index contributed by atoms with van der Waals surface area (Å²) in [6.45, 7) is 2.39. The molecule has 18 heteroatoms. The van der Waals surface area contributed by atoms with Crippen LogP contribution >= 0.6 is 15.6 Å². The predicted molar refractivity (Wildman–Crippen MR) is 463 cm³/mol. The molecule has 0 aromatic rings. The molecule has 0 aliphatic rings. The van der Waals surface area contributed by atoms with E-state index < -0.39 is 91.5 Å². The molecule has 632 valence electrons. The molecule has 0 fully saturated rings.